The molecule has 3 aromatic rings. The molecule has 4 N–H and O–H groups in total. The summed E-state index contributed by atoms with van der Waals surface area (Å²) in [7, 11) is 1.44. The number of carbonyl (C=O) groups excluding carboxylic acids is 1. The summed E-state index contributed by atoms with van der Waals surface area (Å²) in [5.41, 5.74) is 4.97. The molecular weight excluding hydrogens is 623 g/mol. The van der Waals surface area contributed by atoms with Gasteiger partial charge in [-0.2, -0.15) is 0 Å². The van der Waals surface area contributed by atoms with E-state index >= 15 is 0 Å². The highest BCUT2D eigenvalue weighted by molar-refractivity contribution is 5.65. The summed E-state index contributed by atoms with van der Waals surface area (Å²) in [5.74, 6) is -3.59. The van der Waals surface area contributed by atoms with Crippen LogP contribution in [0.4, 0.5) is 18.0 Å². The first-order valence-electron chi connectivity index (χ1n) is 15.7. The number of amides is 1. The lowest BCUT2D eigenvalue weighted by molar-refractivity contribution is -0.212. The molecule has 47 heavy (non-hydrogen) atoms. The van der Waals surface area contributed by atoms with Gasteiger partial charge in [0.15, 0.2) is 17.5 Å². The first-order valence-corrected chi connectivity index (χ1v) is 15.7. The van der Waals surface area contributed by atoms with Crippen LogP contribution >= 0.6 is 0 Å². The lowest BCUT2D eigenvalue weighted by atomic mass is 9.48. The largest absolute Gasteiger partial charge is 0.443 e. The van der Waals surface area contributed by atoms with Crippen LogP contribution in [0.5, 0.6) is 0 Å². The molecule has 3 aliphatic carbocycles. The quantitative estimate of drug-likeness (QED) is 0.300. The Morgan fingerprint density at radius 3 is 2.40 bits per heavy atom. The second-order valence-electron chi connectivity index (χ2n) is 14.2. The Morgan fingerprint density at radius 1 is 1.13 bits per heavy atom. The minimum Gasteiger partial charge on any atom is -0.443 e. The van der Waals surface area contributed by atoms with Gasteiger partial charge in [0, 0.05) is 36.5 Å². The Kier molecular flexibility index (Phi) is 8.64. The number of hydrogen-bond acceptors (Lipinski definition) is 10. The number of aliphatic hydroxyl groups is 2. The highest BCUT2D eigenvalue weighted by atomic mass is 19.2. The van der Waals surface area contributed by atoms with Crippen molar-refractivity contribution >= 4 is 6.09 Å². The lowest BCUT2D eigenvalue weighted by Gasteiger charge is -2.59. The molecule has 7 rings (SSSR count). The van der Waals surface area contributed by atoms with Gasteiger partial charge in [0.05, 0.1) is 24.6 Å². The van der Waals surface area contributed by atoms with E-state index in [0.717, 1.165) is 37.2 Å². The van der Waals surface area contributed by atoms with Crippen molar-refractivity contribution in [2.75, 3.05) is 13.7 Å². The van der Waals surface area contributed by atoms with Crippen molar-refractivity contribution < 1.29 is 46.9 Å². The summed E-state index contributed by atoms with van der Waals surface area (Å²) in [6, 6.07) is 2.58. The smallest absolute Gasteiger partial charge is 0.405 e. The molecule has 1 unspecified atom stereocenters. The SMILES string of the molecule is CO[C@@H]1[C@@H](n2cc(-c3cc(F)c(F)c(F)c3)nn2)[C@@H](O)[C@@H](CO)O[C@@H]1Cc1cc(C23CCC(OC(N)=O)(CC2)C(C(C)(C)C)C3)on1. The lowest BCUT2D eigenvalue weighted by Crippen LogP contribution is -2.60. The third-order valence-corrected chi connectivity index (χ3v) is 10.5. The van der Waals surface area contributed by atoms with Gasteiger partial charge in [0.1, 0.15) is 41.4 Å². The molecule has 15 heteroatoms. The van der Waals surface area contributed by atoms with E-state index in [0.29, 0.717) is 18.5 Å². The molecule has 1 saturated heterocycles. The number of aliphatic hydroxyl groups excluding tert-OH is 2. The monoisotopic (exact) mass is 663 g/mol. The van der Waals surface area contributed by atoms with Gasteiger partial charge >= 0.3 is 6.09 Å². The Hall–Kier alpha value is -3.53. The molecule has 3 heterocycles. The fourth-order valence-corrected chi connectivity index (χ4v) is 8.15. The van der Waals surface area contributed by atoms with E-state index in [9.17, 15) is 28.2 Å². The number of halogens is 3. The predicted molar refractivity (Wildman–Crippen MR) is 158 cm³/mol. The number of aromatic nitrogens is 4. The number of fused-ring (bicyclic) bond motifs is 3. The molecular formula is C32H40F3N5O7. The average Bonchev–Trinajstić information content (AvgIpc) is 3.70. The van der Waals surface area contributed by atoms with Crippen molar-refractivity contribution in [3.63, 3.8) is 0 Å². The zero-order valence-corrected chi connectivity index (χ0v) is 26.7. The highest BCUT2D eigenvalue weighted by Gasteiger charge is 2.61. The van der Waals surface area contributed by atoms with Gasteiger partial charge in [0.25, 0.3) is 0 Å². The number of methoxy groups -OCH3 is 1. The van der Waals surface area contributed by atoms with E-state index in [1.165, 1.54) is 18.0 Å². The van der Waals surface area contributed by atoms with E-state index in [-0.39, 0.29) is 34.4 Å². The van der Waals surface area contributed by atoms with Crippen LogP contribution < -0.4 is 5.73 Å². The number of primary amides is 1. The third kappa shape index (κ3) is 5.91. The maximum Gasteiger partial charge on any atom is 0.405 e. The van der Waals surface area contributed by atoms with Crippen molar-refractivity contribution in [3.8, 4) is 11.3 Å². The summed E-state index contributed by atoms with van der Waals surface area (Å²) in [6.45, 7) is 5.88. The molecule has 6 atom stereocenters. The van der Waals surface area contributed by atoms with Crippen LogP contribution in [0.2, 0.25) is 0 Å². The zero-order valence-electron chi connectivity index (χ0n) is 26.7. The first-order chi connectivity index (χ1) is 22.2. The van der Waals surface area contributed by atoms with Crippen molar-refractivity contribution in [1.29, 1.82) is 0 Å². The topological polar surface area (TPSA) is 168 Å². The van der Waals surface area contributed by atoms with Crippen LogP contribution in [0.1, 0.15) is 70.4 Å². The predicted octanol–water partition coefficient (Wildman–Crippen LogP) is 3.98. The van der Waals surface area contributed by atoms with Crippen molar-refractivity contribution in [1.82, 2.24) is 20.2 Å². The van der Waals surface area contributed by atoms with Crippen LogP contribution in [0.3, 0.4) is 0 Å². The van der Waals surface area contributed by atoms with E-state index in [1.807, 2.05) is 6.07 Å². The molecule has 0 radical (unpaired) electrons. The molecule has 4 fully saturated rings. The summed E-state index contributed by atoms with van der Waals surface area (Å²) >= 11 is 0. The standard InChI is InChI=1S/C32H40F3N5O7/c1-30(2,3)23-13-31(5-7-32(23,8-6-31)46-29(36)43)24-12-17(38-47-24)11-21-28(44-4)26(27(42)22(15-41)45-21)40-14-20(37-39-40)16-9-18(33)25(35)19(34)10-16/h9-10,12,14,21-23,26-28,41-42H,5-8,11,13,15H2,1-4H3,(H2,36,43)/t21-,22-,23?,26+,27+,28+,31?,32?/m1/s1. The first kappa shape index (κ1) is 33.4. The van der Waals surface area contributed by atoms with Gasteiger partial charge in [-0.05, 0) is 49.7 Å². The molecule has 0 spiro atoms. The van der Waals surface area contributed by atoms with Gasteiger partial charge in [-0.25, -0.2) is 22.6 Å². The number of hydrogen-bond donors (Lipinski definition) is 3. The summed E-state index contributed by atoms with van der Waals surface area (Å²) < 4.78 is 66.3. The molecule has 1 aliphatic heterocycles. The van der Waals surface area contributed by atoms with Crippen LogP contribution in [-0.4, -0.2) is 80.2 Å². The number of ether oxygens (including phenoxy) is 3. The number of carbonyl (C=O) groups is 1. The fraction of sp³-hybridized carbons (Fsp3) is 0.625. The van der Waals surface area contributed by atoms with Crippen molar-refractivity contribution in [3.05, 3.63) is 53.3 Å². The molecule has 256 valence electrons. The minimum atomic E-state index is -1.60. The molecule has 3 saturated carbocycles. The van der Waals surface area contributed by atoms with Crippen LogP contribution in [0.25, 0.3) is 11.3 Å². The molecule has 2 bridgehead atoms. The zero-order chi connectivity index (χ0) is 33.9. The third-order valence-electron chi connectivity index (χ3n) is 10.5. The Balaban J connectivity index is 1.25. The molecule has 2 aromatic heterocycles. The number of benzene rings is 1. The molecule has 4 aliphatic rings. The molecule has 12 nitrogen and oxygen atoms in total. The van der Waals surface area contributed by atoms with Gasteiger partial charge < -0.3 is 34.7 Å². The number of nitrogens with zero attached hydrogens (tertiary/aromatic N) is 4. The summed E-state index contributed by atoms with van der Waals surface area (Å²) in [6.07, 6.45) is 0.412. The van der Waals surface area contributed by atoms with E-state index in [4.69, 9.17) is 24.5 Å². The van der Waals surface area contributed by atoms with E-state index in [1.54, 1.807) is 0 Å². The highest BCUT2D eigenvalue weighted by Crippen LogP contribution is 2.61. The van der Waals surface area contributed by atoms with Crippen LogP contribution in [0.15, 0.2) is 28.9 Å². The normalized spacial score (nSPS) is 32.4. The van der Waals surface area contributed by atoms with Gasteiger partial charge in [0.2, 0.25) is 0 Å². The van der Waals surface area contributed by atoms with Gasteiger partial charge in [-0.15, -0.1) is 5.10 Å². The van der Waals surface area contributed by atoms with Crippen molar-refractivity contribution in [2.45, 2.75) is 101 Å². The van der Waals surface area contributed by atoms with Gasteiger partial charge in [-0.3, -0.25) is 0 Å². The van der Waals surface area contributed by atoms with Crippen LogP contribution in [0, 0.1) is 28.8 Å². The Labute approximate surface area is 269 Å². The Morgan fingerprint density at radius 2 is 1.81 bits per heavy atom. The molecule has 1 amide bonds. The van der Waals surface area contributed by atoms with Crippen molar-refractivity contribution in [2.24, 2.45) is 17.1 Å². The maximum atomic E-state index is 13.9. The number of rotatable bonds is 8. The second kappa shape index (κ2) is 12.2. The average molecular weight is 664 g/mol. The Bertz CT molecular complexity index is 1590. The molecule has 1 aromatic carbocycles. The minimum absolute atomic E-state index is 0.0348. The fourth-order valence-electron chi connectivity index (χ4n) is 8.15. The summed E-state index contributed by atoms with van der Waals surface area (Å²) in [5, 5.41) is 33.7. The van der Waals surface area contributed by atoms with Gasteiger partial charge in [-0.1, -0.05) is 31.1 Å². The maximum absolute atomic E-state index is 13.9. The van der Waals surface area contributed by atoms with E-state index < -0.39 is 66.2 Å². The summed E-state index contributed by atoms with van der Waals surface area (Å²) in [4.78, 5) is 11.9. The van der Waals surface area contributed by atoms with Crippen LogP contribution in [-0.2, 0) is 26.0 Å². The second-order valence-corrected chi connectivity index (χ2v) is 14.2. The van der Waals surface area contributed by atoms with E-state index in [2.05, 4.69) is 36.2 Å². The number of nitrogens with two attached hydrogens (primary N) is 1.